The van der Waals surface area contributed by atoms with Gasteiger partial charge in [-0.1, -0.05) is 0 Å². The SMILES string of the molecule is CC1(C)OC[C@@H]([C@@H]2COC(C)(C)O2)O1. The van der Waals surface area contributed by atoms with Gasteiger partial charge < -0.3 is 18.9 Å². The lowest BCUT2D eigenvalue weighted by molar-refractivity contribution is -0.174. The summed E-state index contributed by atoms with van der Waals surface area (Å²) >= 11 is 0. The highest BCUT2D eigenvalue weighted by atomic mass is 16.8. The highest BCUT2D eigenvalue weighted by Gasteiger charge is 2.44. The number of ether oxygens (including phenoxy) is 4. The van der Waals surface area contributed by atoms with Crippen molar-refractivity contribution in [2.24, 2.45) is 0 Å². The molecule has 2 rings (SSSR count). The first-order chi connectivity index (χ1) is 6.38. The van der Waals surface area contributed by atoms with Crippen molar-refractivity contribution in [1.82, 2.24) is 0 Å². The zero-order valence-electron chi connectivity index (χ0n) is 9.20. The molecule has 2 fully saturated rings. The third-order valence-electron chi connectivity index (χ3n) is 2.48. The van der Waals surface area contributed by atoms with Crippen LogP contribution < -0.4 is 0 Å². The van der Waals surface area contributed by atoms with Crippen LogP contribution in [0.5, 0.6) is 0 Å². The molecule has 2 saturated heterocycles. The third kappa shape index (κ3) is 2.08. The van der Waals surface area contributed by atoms with Gasteiger partial charge in [0, 0.05) is 0 Å². The molecule has 0 N–H and O–H groups in total. The number of hydrogen-bond donors (Lipinski definition) is 0. The maximum absolute atomic E-state index is 5.70. The molecule has 0 bridgehead atoms. The summed E-state index contributed by atoms with van der Waals surface area (Å²) in [7, 11) is 0. The van der Waals surface area contributed by atoms with E-state index < -0.39 is 11.6 Å². The molecular formula is C10H18O4. The highest BCUT2D eigenvalue weighted by Crippen LogP contribution is 2.31. The van der Waals surface area contributed by atoms with Gasteiger partial charge in [-0.25, -0.2) is 0 Å². The third-order valence-corrected chi connectivity index (χ3v) is 2.48. The lowest BCUT2D eigenvalue weighted by Gasteiger charge is -2.21. The highest BCUT2D eigenvalue weighted by molar-refractivity contribution is 4.83. The summed E-state index contributed by atoms with van der Waals surface area (Å²) in [5.41, 5.74) is 0. The van der Waals surface area contributed by atoms with E-state index in [9.17, 15) is 0 Å². The second-order valence-electron chi connectivity index (χ2n) is 4.73. The topological polar surface area (TPSA) is 36.9 Å². The van der Waals surface area contributed by atoms with Crippen LogP contribution in [0.15, 0.2) is 0 Å². The molecule has 4 nitrogen and oxygen atoms in total. The van der Waals surface area contributed by atoms with Crippen LogP contribution in [-0.2, 0) is 18.9 Å². The van der Waals surface area contributed by atoms with Crippen LogP contribution in [0.1, 0.15) is 27.7 Å². The van der Waals surface area contributed by atoms with Crippen LogP contribution in [0.2, 0.25) is 0 Å². The summed E-state index contributed by atoms with van der Waals surface area (Å²) in [5, 5.41) is 0. The monoisotopic (exact) mass is 202 g/mol. The van der Waals surface area contributed by atoms with Crippen molar-refractivity contribution in [3.63, 3.8) is 0 Å². The predicted octanol–water partition coefficient (Wildman–Crippen LogP) is 1.29. The van der Waals surface area contributed by atoms with E-state index in [1.807, 2.05) is 27.7 Å². The fourth-order valence-electron chi connectivity index (χ4n) is 1.80. The lowest BCUT2D eigenvalue weighted by atomic mass is 10.2. The van der Waals surface area contributed by atoms with E-state index in [0.29, 0.717) is 13.2 Å². The van der Waals surface area contributed by atoms with E-state index in [2.05, 4.69) is 0 Å². The van der Waals surface area contributed by atoms with Gasteiger partial charge in [-0.2, -0.15) is 0 Å². The Balaban J connectivity index is 1.93. The van der Waals surface area contributed by atoms with Gasteiger partial charge in [0.15, 0.2) is 11.6 Å². The molecule has 2 atom stereocenters. The molecule has 14 heavy (non-hydrogen) atoms. The zero-order chi connectivity index (χ0) is 10.4. The summed E-state index contributed by atoms with van der Waals surface area (Å²) in [6.07, 6.45) is -0.0152. The van der Waals surface area contributed by atoms with Crippen molar-refractivity contribution in [3.8, 4) is 0 Å². The first-order valence-electron chi connectivity index (χ1n) is 5.02. The van der Waals surface area contributed by atoms with E-state index in [-0.39, 0.29) is 12.2 Å². The molecule has 0 unspecified atom stereocenters. The first kappa shape index (κ1) is 10.4. The Morgan fingerprint density at radius 1 is 0.786 bits per heavy atom. The fraction of sp³-hybridized carbons (Fsp3) is 1.00. The molecule has 0 aromatic heterocycles. The van der Waals surface area contributed by atoms with Crippen LogP contribution in [0.3, 0.4) is 0 Å². The van der Waals surface area contributed by atoms with E-state index in [4.69, 9.17) is 18.9 Å². The average Bonchev–Trinajstić information content (AvgIpc) is 2.54. The van der Waals surface area contributed by atoms with Crippen molar-refractivity contribution >= 4 is 0 Å². The van der Waals surface area contributed by atoms with Crippen molar-refractivity contribution in [3.05, 3.63) is 0 Å². The molecule has 0 radical (unpaired) electrons. The number of rotatable bonds is 1. The Morgan fingerprint density at radius 2 is 1.14 bits per heavy atom. The smallest absolute Gasteiger partial charge is 0.163 e. The van der Waals surface area contributed by atoms with Gasteiger partial charge in [0.1, 0.15) is 12.2 Å². The van der Waals surface area contributed by atoms with Gasteiger partial charge in [-0.15, -0.1) is 0 Å². The van der Waals surface area contributed by atoms with Crippen LogP contribution in [0, 0.1) is 0 Å². The molecule has 2 aliphatic heterocycles. The summed E-state index contributed by atoms with van der Waals surface area (Å²) in [4.78, 5) is 0. The van der Waals surface area contributed by atoms with E-state index in [1.165, 1.54) is 0 Å². The molecule has 0 aromatic carbocycles. The van der Waals surface area contributed by atoms with Gasteiger partial charge in [0.05, 0.1) is 13.2 Å². The maximum Gasteiger partial charge on any atom is 0.163 e. The van der Waals surface area contributed by atoms with Crippen molar-refractivity contribution in [1.29, 1.82) is 0 Å². The Kier molecular flexibility index (Phi) is 2.34. The second-order valence-corrected chi connectivity index (χ2v) is 4.73. The minimum atomic E-state index is -0.485. The van der Waals surface area contributed by atoms with Crippen molar-refractivity contribution < 1.29 is 18.9 Å². The summed E-state index contributed by atoms with van der Waals surface area (Å²) in [6, 6.07) is 0. The average molecular weight is 202 g/mol. The summed E-state index contributed by atoms with van der Waals surface area (Å²) < 4.78 is 22.3. The Hall–Kier alpha value is -0.160. The fourth-order valence-corrected chi connectivity index (χ4v) is 1.80. The molecule has 4 heteroatoms. The van der Waals surface area contributed by atoms with Gasteiger partial charge in [0.25, 0.3) is 0 Å². The Labute approximate surface area is 84.5 Å². The maximum atomic E-state index is 5.70. The molecule has 0 aromatic rings. The van der Waals surface area contributed by atoms with Crippen molar-refractivity contribution in [2.45, 2.75) is 51.5 Å². The molecule has 0 aliphatic carbocycles. The quantitative estimate of drug-likeness (QED) is 0.642. The minimum absolute atomic E-state index is 0.00762. The Bertz CT molecular complexity index is 200. The number of hydrogen-bond acceptors (Lipinski definition) is 4. The molecule has 2 heterocycles. The molecule has 0 spiro atoms. The summed E-state index contributed by atoms with van der Waals surface area (Å²) in [6.45, 7) is 8.80. The molecule has 0 amide bonds. The van der Waals surface area contributed by atoms with Crippen LogP contribution >= 0.6 is 0 Å². The Morgan fingerprint density at radius 3 is 1.36 bits per heavy atom. The lowest BCUT2D eigenvalue weighted by Crippen LogP contribution is -2.34. The van der Waals surface area contributed by atoms with Crippen LogP contribution in [0.25, 0.3) is 0 Å². The minimum Gasteiger partial charge on any atom is -0.348 e. The normalized spacial score (nSPS) is 40.3. The van der Waals surface area contributed by atoms with E-state index >= 15 is 0 Å². The molecule has 0 saturated carbocycles. The molecule has 2 aliphatic rings. The van der Waals surface area contributed by atoms with Gasteiger partial charge >= 0.3 is 0 Å². The van der Waals surface area contributed by atoms with Gasteiger partial charge in [-0.3, -0.25) is 0 Å². The molecular weight excluding hydrogens is 184 g/mol. The van der Waals surface area contributed by atoms with Gasteiger partial charge in [-0.05, 0) is 27.7 Å². The van der Waals surface area contributed by atoms with Crippen LogP contribution in [0.4, 0.5) is 0 Å². The van der Waals surface area contributed by atoms with E-state index in [1.54, 1.807) is 0 Å². The van der Waals surface area contributed by atoms with Crippen molar-refractivity contribution in [2.75, 3.05) is 13.2 Å². The standard InChI is InChI=1S/C10H18O4/c1-9(2)11-5-7(13-9)8-6-12-10(3,4)14-8/h7-8H,5-6H2,1-4H3/t7-,8-/m0/s1. The molecule has 82 valence electrons. The largest absolute Gasteiger partial charge is 0.348 e. The first-order valence-corrected chi connectivity index (χ1v) is 5.02. The summed E-state index contributed by atoms with van der Waals surface area (Å²) in [5.74, 6) is -0.971. The second kappa shape index (κ2) is 3.17. The van der Waals surface area contributed by atoms with Crippen LogP contribution in [-0.4, -0.2) is 37.0 Å². The van der Waals surface area contributed by atoms with E-state index in [0.717, 1.165) is 0 Å². The van der Waals surface area contributed by atoms with Gasteiger partial charge in [0.2, 0.25) is 0 Å². The zero-order valence-corrected chi connectivity index (χ0v) is 9.20. The predicted molar refractivity (Wildman–Crippen MR) is 49.8 cm³/mol.